The lowest BCUT2D eigenvalue weighted by Crippen LogP contribution is -2.36. The van der Waals surface area contributed by atoms with Gasteiger partial charge in [-0.2, -0.15) is 0 Å². The quantitative estimate of drug-likeness (QED) is 0.836. The molecule has 4 atom stereocenters. The summed E-state index contributed by atoms with van der Waals surface area (Å²) in [6, 6.07) is 4.94. The summed E-state index contributed by atoms with van der Waals surface area (Å²) >= 11 is 6.03. The molecule has 6 heteroatoms. The van der Waals surface area contributed by atoms with Crippen molar-refractivity contribution in [1.29, 1.82) is 0 Å². The van der Waals surface area contributed by atoms with Crippen LogP contribution in [0.2, 0.25) is 5.02 Å². The standard InChI is InChI=1S/C16H16ClNO4/c1-22-12-5-4-10(7-11(12)17)18-15(19)13-8-2-3-9(6-8)14(13)16(20)21/h2-5,7-9,13-14H,6H2,1H3,(H,18,19)(H,20,21)/t8-,9+,13+,14+/m1/s1. The van der Waals surface area contributed by atoms with Crippen LogP contribution < -0.4 is 10.1 Å². The van der Waals surface area contributed by atoms with Crippen molar-refractivity contribution in [3.05, 3.63) is 35.4 Å². The maximum atomic E-state index is 12.5. The summed E-state index contributed by atoms with van der Waals surface area (Å²) in [6.07, 6.45) is 4.60. The molecule has 2 N–H and O–H groups in total. The summed E-state index contributed by atoms with van der Waals surface area (Å²) in [6.45, 7) is 0. The Hall–Kier alpha value is -2.01. The van der Waals surface area contributed by atoms with Gasteiger partial charge in [-0.15, -0.1) is 0 Å². The molecule has 0 radical (unpaired) electrons. The Bertz CT molecular complexity index is 658. The first-order valence-electron chi connectivity index (χ1n) is 7.07. The number of halogens is 1. The largest absolute Gasteiger partial charge is 0.495 e. The molecule has 0 unspecified atom stereocenters. The lowest BCUT2D eigenvalue weighted by Gasteiger charge is -2.24. The molecule has 0 aromatic heterocycles. The third-order valence-corrected chi connectivity index (χ3v) is 4.76. The number of rotatable bonds is 4. The summed E-state index contributed by atoms with van der Waals surface area (Å²) in [4.78, 5) is 23.9. The highest BCUT2D eigenvalue weighted by Gasteiger charge is 2.51. The van der Waals surface area contributed by atoms with Gasteiger partial charge in [0.15, 0.2) is 0 Å². The molecule has 1 fully saturated rings. The van der Waals surface area contributed by atoms with Crippen LogP contribution in [-0.4, -0.2) is 24.1 Å². The molecule has 5 nitrogen and oxygen atoms in total. The number of carbonyl (C=O) groups excluding carboxylic acids is 1. The molecule has 1 aromatic rings. The van der Waals surface area contributed by atoms with Crippen LogP contribution in [-0.2, 0) is 9.59 Å². The predicted octanol–water partition coefficient (Wildman–Crippen LogP) is 2.81. The summed E-state index contributed by atoms with van der Waals surface area (Å²) in [5.74, 6) is -1.89. The van der Waals surface area contributed by atoms with Crippen LogP contribution in [0.25, 0.3) is 0 Å². The van der Waals surface area contributed by atoms with Crippen molar-refractivity contribution < 1.29 is 19.4 Å². The number of methoxy groups -OCH3 is 1. The number of anilines is 1. The number of hydrogen-bond donors (Lipinski definition) is 2. The fraction of sp³-hybridized carbons (Fsp3) is 0.375. The summed E-state index contributed by atoms with van der Waals surface area (Å²) < 4.78 is 5.06. The van der Waals surface area contributed by atoms with E-state index >= 15 is 0 Å². The topological polar surface area (TPSA) is 75.6 Å². The summed E-state index contributed by atoms with van der Waals surface area (Å²) in [5, 5.41) is 12.5. The zero-order valence-electron chi connectivity index (χ0n) is 12.0. The molecule has 1 aromatic carbocycles. The lowest BCUT2D eigenvalue weighted by molar-refractivity contribution is -0.146. The van der Waals surface area contributed by atoms with Crippen LogP contribution in [0.5, 0.6) is 5.75 Å². The van der Waals surface area contributed by atoms with Crippen LogP contribution in [0.4, 0.5) is 5.69 Å². The average molecular weight is 322 g/mol. The highest BCUT2D eigenvalue weighted by Crippen LogP contribution is 2.48. The Morgan fingerprint density at radius 1 is 1.27 bits per heavy atom. The lowest BCUT2D eigenvalue weighted by atomic mass is 9.82. The number of allylic oxidation sites excluding steroid dienone is 2. The van der Waals surface area contributed by atoms with E-state index in [0.717, 1.165) is 6.42 Å². The van der Waals surface area contributed by atoms with Gasteiger partial charge in [-0.3, -0.25) is 9.59 Å². The second kappa shape index (κ2) is 5.65. The fourth-order valence-corrected chi connectivity index (χ4v) is 3.74. The monoisotopic (exact) mass is 321 g/mol. The third-order valence-electron chi connectivity index (χ3n) is 4.47. The van der Waals surface area contributed by atoms with E-state index in [1.807, 2.05) is 12.2 Å². The molecule has 1 saturated carbocycles. The van der Waals surface area contributed by atoms with Crippen molar-refractivity contribution >= 4 is 29.2 Å². The Morgan fingerprint density at radius 2 is 1.95 bits per heavy atom. The first-order chi connectivity index (χ1) is 10.5. The number of ether oxygens (including phenoxy) is 1. The molecule has 1 amide bonds. The van der Waals surface area contributed by atoms with Gasteiger partial charge in [-0.1, -0.05) is 23.8 Å². The van der Waals surface area contributed by atoms with Crippen molar-refractivity contribution in [2.45, 2.75) is 6.42 Å². The molecular weight excluding hydrogens is 306 g/mol. The molecule has 2 aliphatic carbocycles. The number of fused-ring (bicyclic) bond motifs is 2. The van der Waals surface area contributed by atoms with Gasteiger partial charge in [-0.25, -0.2) is 0 Å². The Morgan fingerprint density at radius 3 is 2.55 bits per heavy atom. The van der Waals surface area contributed by atoms with Crippen molar-refractivity contribution in [2.75, 3.05) is 12.4 Å². The van der Waals surface area contributed by atoms with E-state index in [9.17, 15) is 14.7 Å². The van der Waals surface area contributed by atoms with Crippen molar-refractivity contribution in [3.63, 3.8) is 0 Å². The number of aliphatic carboxylic acids is 1. The molecule has 0 spiro atoms. The molecule has 22 heavy (non-hydrogen) atoms. The van der Waals surface area contributed by atoms with Crippen LogP contribution >= 0.6 is 11.6 Å². The molecule has 0 heterocycles. The van der Waals surface area contributed by atoms with E-state index in [0.29, 0.717) is 16.5 Å². The number of carboxylic acid groups (broad SMARTS) is 1. The highest BCUT2D eigenvalue weighted by molar-refractivity contribution is 6.32. The second-order valence-electron chi connectivity index (χ2n) is 5.68. The van der Waals surface area contributed by atoms with E-state index in [-0.39, 0.29) is 17.7 Å². The molecule has 116 valence electrons. The number of hydrogen-bond acceptors (Lipinski definition) is 3. The number of benzene rings is 1. The molecule has 0 aliphatic heterocycles. The van der Waals surface area contributed by atoms with E-state index in [2.05, 4.69) is 5.32 Å². The highest BCUT2D eigenvalue weighted by atomic mass is 35.5. The van der Waals surface area contributed by atoms with Crippen LogP contribution in [0.15, 0.2) is 30.4 Å². The fourth-order valence-electron chi connectivity index (χ4n) is 3.49. The van der Waals surface area contributed by atoms with Crippen molar-refractivity contribution in [3.8, 4) is 5.75 Å². The summed E-state index contributed by atoms with van der Waals surface area (Å²) in [5.41, 5.74) is 0.534. The molecule has 3 rings (SSSR count). The minimum Gasteiger partial charge on any atom is -0.495 e. The van der Waals surface area contributed by atoms with Gasteiger partial charge in [0.2, 0.25) is 5.91 Å². The van der Waals surface area contributed by atoms with Gasteiger partial charge in [0, 0.05) is 5.69 Å². The number of nitrogens with one attached hydrogen (secondary N) is 1. The molecule has 2 bridgehead atoms. The van der Waals surface area contributed by atoms with Crippen LogP contribution in [0.1, 0.15) is 6.42 Å². The maximum absolute atomic E-state index is 12.5. The van der Waals surface area contributed by atoms with Gasteiger partial charge >= 0.3 is 5.97 Å². The van der Waals surface area contributed by atoms with Crippen molar-refractivity contribution in [2.24, 2.45) is 23.7 Å². The zero-order chi connectivity index (χ0) is 15.9. The Balaban J connectivity index is 1.78. The maximum Gasteiger partial charge on any atom is 0.307 e. The average Bonchev–Trinajstić information content (AvgIpc) is 3.07. The number of carbonyl (C=O) groups is 2. The minimum atomic E-state index is -0.912. The predicted molar refractivity (Wildman–Crippen MR) is 82.0 cm³/mol. The van der Waals surface area contributed by atoms with E-state index in [1.54, 1.807) is 18.2 Å². The Kier molecular flexibility index (Phi) is 3.83. The van der Waals surface area contributed by atoms with Gasteiger partial charge in [-0.05, 0) is 36.5 Å². The molecule has 0 saturated heterocycles. The van der Waals surface area contributed by atoms with Gasteiger partial charge in [0.1, 0.15) is 5.75 Å². The first kappa shape index (κ1) is 14.9. The number of amides is 1. The van der Waals surface area contributed by atoms with Gasteiger partial charge in [0.05, 0.1) is 24.0 Å². The number of carboxylic acids is 1. The molecule has 2 aliphatic rings. The van der Waals surface area contributed by atoms with E-state index in [1.165, 1.54) is 7.11 Å². The zero-order valence-corrected chi connectivity index (χ0v) is 12.7. The van der Waals surface area contributed by atoms with E-state index < -0.39 is 17.8 Å². The third kappa shape index (κ3) is 2.46. The normalized spacial score (nSPS) is 28.6. The molecular formula is C16H16ClNO4. The smallest absolute Gasteiger partial charge is 0.307 e. The SMILES string of the molecule is COc1ccc(NC(=O)[C@@H]2[C@@H](C(=O)O)[C@H]3C=C[C@@H]2C3)cc1Cl. The van der Waals surface area contributed by atoms with Crippen LogP contribution in [0, 0.1) is 23.7 Å². The summed E-state index contributed by atoms with van der Waals surface area (Å²) in [7, 11) is 1.51. The first-order valence-corrected chi connectivity index (χ1v) is 7.44. The second-order valence-corrected chi connectivity index (χ2v) is 6.08. The van der Waals surface area contributed by atoms with Crippen molar-refractivity contribution in [1.82, 2.24) is 0 Å². The Labute approximate surface area is 132 Å². The van der Waals surface area contributed by atoms with Gasteiger partial charge < -0.3 is 15.2 Å². The van der Waals surface area contributed by atoms with Gasteiger partial charge in [0.25, 0.3) is 0 Å². The van der Waals surface area contributed by atoms with E-state index in [4.69, 9.17) is 16.3 Å². The minimum absolute atomic E-state index is 0.000166. The van der Waals surface area contributed by atoms with Crippen LogP contribution in [0.3, 0.4) is 0 Å².